The third-order valence-corrected chi connectivity index (χ3v) is 4.92. The number of guanidine groups is 1. The van der Waals surface area contributed by atoms with Crippen LogP contribution in [0.15, 0.2) is 4.99 Å². The molecule has 0 radical (unpaired) electrons. The molecule has 0 aliphatic carbocycles. The second-order valence-electron chi connectivity index (χ2n) is 8.21. The highest BCUT2D eigenvalue weighted by Crippen LogP contribution is 2.08. The molecule has 2 N–H and O–H groups in total. The molecule has 1 amide bonds. The van der Waals surface area contributed by atoms with Gasteiger partial charge in [0.1, 0.15) is 6.54 Å². The fraction of sp³-hybridized carbons (Fsp3) is 0.905. The Morgan fingerprint density at radius 3 is 2.32 bits per heavy atom. The molecular weight excluding hydrogens is 354 g/mol. The fourth-order valence-corrected chi connectivity index (χ4v) is 3.03. The third kappa shape index (κ3) is 12.9. The summed E-state index contributed by atoms with van der Waals surface area (Å²) >= 11 is 0. The van der Waals surface area contributed by atoms with E-state index in [0.717, 1.165) is 70.7 Å². The van der Waals surface area contributed by atoms with Gasteiger partial charge in [-0.1, -0.05) is 39.5 Å². The standard InChI is InChI=1S/C21H43N5O2/c1-19(2)10-7-5-6-8-11-22-21(24-18-20(27)25(3)4)23-12-9-13-26-14-16-28-17-15-26/h19H,5-18H2,1-4H3,(H2,22,23,24). The van der Waals surface area contributed by atoms with Crippen molar-refractivity contribution >= 4 is 11.9 Å². The van der Waals surface area contributed by atoms with E-state index in [1.807, 2.05) is 0 Å². The number of carbonyl (C=O) groups excluding carboxylic acids is 1. The number of morpholine rings is 1. The maximum atomic E-state index is 11.8. The molecule has 28 heavy (non-hydrogen) atoms. The maximum absolute atomic E-state index is 11.8. The minimum Gasteiger partial charge on any atom is -0.379 e. The van der Waals surface area contributed by atoms with Crippen LogP contribution >= 0.6 is 0 Å². The zero-order valence-electron chi connectivity index (χ0n) is 18.6. The number of rotatable bonds is 13. The summed E-state index contributed by atoms with van der Waals surface area (Å²) in [6, 6.07) is 0. The van der Waals surface area contributed by atoms with Gasteiger partial charge in [-0.15, -0.1) is 0 Å². The molecule has 0 saturated carbocycles. The van der Waals surface area contributed by atoms with Crippen LogP contribution in [0.3, 0.4) is 0 Å². The van der Waals surface area contributed by atoms with E-state index in [4.69, 9.17) is 4.74 Å². The van der Waals surface area contributed by atoms with Crippen LogP contribution in [0.1, 0.15) is 52.4 Å². The molecule has 1 fully saturated rings. The molecule has 0 aromatic carbocycles. The van der Waals surface area contributed by atoms with Crippen LogP contribution in [0.4, 0.5) is 0 Å². The molecule has 0 spiro atoms. The van der Waals surface area contributed by atoms with Crippen LogP contribution < -0.4 is 10.6 Å². The summed E-state index contributed by atoms with van der Waals surface area (Å²) in [5.74, 6) is 1.57. The number of unbranched alkanes of at least 4 members (excludes halogenated alkanes) is 3. The van der Waals surface area contributed by atoms with E-state index in [-0.39, 0.29) is 12.5 Å². The molecule has 1 rings (SSSR count). The van der Waals surface area contributed by atoms with Gasteiger partial charge in [0, 0.05) is 40.3 Å². The predicted octanol–water partition coefficient (Wildman–Crippen LogP) is 1.94. The van der Waals surface area contributed by atoms with Gasteiger partial charge in [0.2, 0.25) is 5.91 Å². The van der Waals surface area contributed by atoms with Gasteiger partial charge in [0.15, 0.2) is 5.96 Å². The molecular formula is C21H43N5O2. The van der Waals surface area contributed by atoms with E-state index in [0.29, 0.717) is 0 Å². The maximum Gasteiger partial charge on any atom is 0.243 e. The number of hydrogen-bond acceptors (Lipinski definition) is 4. The summed E-state index contributed by atoms with van der Waals surface area (Å²) in [6.07, 6.45) is 7.35. The Bertz CT molecular complexity index is 435. The number of aliphatic imine (C=N–C) groups is 1. The number of ether oxygens (including phenoxy) is 1. The Balaban J connectivity index is 2.26. The lowest BCUT2D eigenvalue weighted by atomic mass is 10.0. The lowest BCUT2D eigenvalue weighted by Crippen LogP contribution is -2.41. The molecule has 0 bridgehead atoms. The van der Waals surface area contributed by atoms with Crippen molar-refractivity contribution in [3.05, 3.63) is 0 Å². The van der Waals surface area contributed by atoms with Crippen molar-refractivity contribution in [1.82, 2.24) is 20.4 Å². The summed E-state index contributed by atoms with van der Waals surface area (Å²) in [5.41, 5.74) is 0. The van der Waals surface area contributed by atoms with Crippen LogP contribution in [0.25, 0.3) is 0 Å². The molecule has 1 heterocycles. The van der Waals surface area contributed by atoms with Crippen LogP contribution in [0.2, 0.25) is 0 Å². The zero-order valence-corrected chi connectivity index (χ0v) is 18.6. The van der Waals surface area contributed by atoms with E-state index < -0.39 is 0 Å². The molecule has 0 aromatic rings. The van der Waals surface area contributed by atoms with Gasteiger partial charge in [-0.05, 0) is 25.3 Å². The first kappa shape index (κ1) is 24.7. The average Bonchev–Trinajstić information content (AvgIpc) is 2.68. The first-order chi connectivity index (χ1) is 13.5. The van der Waals surface area contributed by atoms with E-state index in [9.17, 15) is 4.79 Å². The minimum absolute atomic E-state index is 0.0168. The van der Waals surface area contributed by atoms with Crippen molar-refractivity contribution in [2.24, 2.45) is 10.9 Å². The number of amides is 1. The lowest BCUT2D eigenvalue weighted by Gasteiger charge is -2.26. The summed E-state index contributed by atoms with van der Waals surface area (Å²) < 4.78 is 5.39. The smallest absolute Gasteiger partial charge is 0.243 e. The molecule has 164 valence electrons. The van der Waals surface area contributed by atoms with Gasteiger partial charge in [0.05, 0.1) is 13.2 Å². The molecule has 1 aliphatic heterocycles. The van der Waals surface area contributed by atoms with E-state index >= 15 is 0 Å². The van der Waals surface area contributed by atoms with E-state index in [1.165, 1.54) is 25.7 Å². The van der Waals surface area contributed by atoms with Crippen molar-refractivity contribution in [2.45, 2.75) is 52.4 Å². The topological polar surface area (TPSA) is 69.2 Å². The zero-order chi connectivity index (χ0) is 20.6. The summed E-state index contributed by atoms with van der Waals surface area (Å²) in [6.45, 7) is 11.3. The van der Waals surface area contributed by atoms with Crippen molar-refractivity contribution < 1.29 is 9.53 Å². The van der Waals surface area contributed by atoms with Gasteiger partial charge in [-0.25, -0.2) is 4.99 Å². The van der Waals surface area contributed by atoms with Crippen LogP contribution in [-0.4, -0.2) is 88.2 Å². The summed E-state index contributed by atoms with van der Waals surface area (Å²) in [5, 5.41) is 6.77. The monoisotopic (exact) mass is 397 g/mol. The van der Waals surface area contributed by atoms with Crippen molar-refractivity contribution in [3.63, 3.8) is 0 Å². The van der Waals surface area contributed by atoms with Gasteiger partial charge in [-0.3, -0.25) is 9.69 Å². The normalized spacial score (nSPS) is 15.7. The first-order valence-electron chi connectivity index (χ1n) is 11.0. The highest BCUT2D eigenvalue weighted by Gasteiger charge is 2.09. The Morgan fingerprint density at radius 1 is 1.04 bits per heavy atom. The number of likely N-dealkylation sites (N-methyl/N-ethyl adjacent to an activating group) is 1. The van der Waals surface area contributed by atoms with E-state index in [1.54, 1.807) is 19.0 Å². The lowest BCUT2D eigenvalue weighted by molar-refractivity contribution is -0.127. The Kier molecular flexibility index (Phi) is 13.7. The molecule has 0 unspecified atom stereocenters. The Hall–Kier alpha value is -1.34. The Morgan fingerprint density at radius 2 is 1.68 bits per heavy atom. The molecule has 1 saturated heterocycles. The van der Waals surface area contributed by atoms with E-state index in [2.05, 4.69) is 34.4 Å². The summed E-state index contributed by atoms with van der Waals surface area (Å²) in [7, 11) is 3.52. The minimum atomic E-state index is 0.0168. The quantitative estimate of drug-likeness (QED) is 0.282. The van der Waals surface area contributed by atoms with Gasteiger partial charge >= 0.3 is 0 Å². The fourth-order valence-electron chi connectivity index (χ4n) is 3.03. The highest BCUT2D eigenvalue weighted by molar-refractivity contribution is 5.84. The van der Waals surface area contributed by atoms with Gasteiger partial charge in [0.25, 0.3) is 0 Å². The second kappa shape index (κ2) is 15.6. The van der Waals surface area contributed by atoms with Crippen molar-refractivity contribution in [2.75, 3.05) is 66.6 Å². The van der Waals surface area contributed by atoms with Crippen molar-refractivity contribution in [3.8, 4) is 0 Å². The molecule has 1 aliphatic rings. The molecule has 7 nitrogen and oxygen atoms in total. The number of nitrogens with zero attached hydrogens (tertiary/aromatic N) is 3. The number of carbonyl (C=O) groups is 1. The van der Waals surface area contributed by atoms with Crippen LogP contribution in [-0.2, 0) is 9.53 Å². The highest BCUT2D eigenvalue weighted by atomic mass is 16.5. The predicted molar refractivity (Wildman–Crippen MR) is 117 cm³/mol. The molecule has 7 heteroatoms. The van der Waals surface area contributed by atoms with Crippen LogP contribution in [0, 0.1) is 5.92 Å². The number of nitrogens with one attached hydrogen (secondary N) is 2. The first-order valence-corrected chi connectivity index (χ1v) is 11.0. The van der Waals surface area contributed by atoms with Crippen molar-refractivity contribution in [1.29, 1.82) is 0 Å². The van der Waals surface area contributed by atoms with Gasteiger partial charge < -0.3 is 20.3 Å². The number of hydrogen-bond donors (Lipinski definition) is 2. The summed E-state index contributed by atoms with van der Waals surface area (Å²) in [4.78, 5) is 20.3. The Labute approximate surface area is 172 Å². The largest absolute Gasteiger partial charge is 0.379 e. The molecule has 0 atom stereocenters. The van der Waals surface area contributed by atoms with Gasteiger partial charge in [-0.2, -0.15) is 0 Å². The third-order valence-electron chi connectivity index (χ3n) is 4.92. The van der Waals surface area contributed by atoms with Crippen LogP contribution in [0.5, 0.6) is 0 Å². The SMILES string of the molecule is CC(C)CCCCCCNC(=NCC(=O)N(C)C)NCCCN1CCOCC1. The average molecular weight is 398 g/mol. The molecule has 0 aromatic heterocycles. The second-order valence-corrected chi connectivity index (χ2v) is 8.21.